The van der Waals surface area contributed by atoms with E-state index in [0.717, 1.165) is 51.5 Å². The number of amides is 1. The quantitative estimate of drug-likeness (QED) is 0.854. The van der Waals surface area contributed by atoms with E-state index >= 15 is 0 Å². The predicted octanol–water partition coefficient (Wildman–Crippen LogP) is 1.88. The summed E-state index contributed by atoms with van der Waals surface area (Å²) in [7, 11) is 0. The maximum absolute atomic E-state index is 12.2. The minimum absolute atomic E-state index is 0.161. The van der Waals surface area contributed by atoms with Crippen molar-refractivity contribution in [2.75, 3.05) is 13.1 Å². The lowest BCUT2D eigenvalue weighted by atomic mass is 9.95. The Morgan fingerprint density at radius 1 is 1.10 bits per heavy atom. The molecule has 3 fully saturated rings. The van der Waals surface area contributed by atoms with Crippen LogP contribution in [-0.4, -0.2) is 41.8 Å². The minimum Gasteiger partial charge on any atom is -0.352 e. The molecule has 1 heterocycles. The third-order valence-electron chi connectivity index (χ3n) is 5.30. The second-order valence-electron chi connectivity index (χ2n) is 6.69. The third kappa shape index (κ3) is 3.05. The molecule has 2 saturated carbocycles. The van der Waals surface area contributed by atoms with E-state index < -0.39 is 0 Å². The monoisotopic (exact) mass is 278 g/mol. The predicted molar refractivity (Wildman–Crippen MR) is 77.3 cm³/mol. The van der Waals surface area contributed by atoms with E-state index in [1.165, 1.54) is 12.8 Å². The van der Waals surface area contributed by atoms with Gasteiger partial charge in [0.2, 0.25) is 5.91 Å². The standard InChI is InChI=1S/C16H26N2O2/c19-15-9-3-7-13(15)14-8-4-10-18(14)11-16(20)17-12-5-1-2-6-12/h12-14H,1-11H2,(H,17,20). The zero-order valence-corrected chi connectivity index (χ0v) is 12.3. The highest BCUT2D eigenvalue weighted by Gasteiger charge is 2.38. The van der Waals surface area contributed by atoms with Crippen LogP contribution in [-0.2, 0) is 9.59 Å². The number of Topliss-reactive ketones (excluding diaryl/α,β-unsaturated/α-hetero) is 1. The first-order valence-corrected chi connectivity index (χ1v) is 8.30. The van der Waals surface area contributed by atoms with Crippen LogP contribution in [0.5, 0.6) is 0 Å². The summed E-state index contributed by atoms with van der Waals surface area (Å²) >= 11 is 0. The van der Waals surface area contributed by atoms with E-state index in [4.69, 9.17) is 0 Å². The molecular weight excluding hydrogens is 252 g/mol. The molecule has 1 amide bonds. The van der Waals surface area contributed by atoms with Crippen molar-refractivity contribution in [2.24, 2.45) is 5.92 Å². The molecular formula is C16H26N2O2. The van der Waals surface area contributed by atoms with Gasteiger partial charge in [-0.05, 0) is 45.1 Å². The van der Waals surface area contributed by atoms with Crippen molar-refractivity contribution < 1.29 is 9.59 Å². The summed E-state index contributed by atoms with van der Waals surface area (Å²) < 4.78 is 0. The fraction of sp³-hybridized carbons (Fsp3) is 0.875. The Labute approximate surface area is 121 Å². The molecule has 1 aliphatic heterocycles. The number of hydrogen-bond donors (Lipinski definition) is 1. The Balaban J connectivity index is 1.52. The Hall–Kier alpha value is -0.900. The number of carbonyl (C=O) groups is 2. The molecule has 112 valence electrons. The maximum Gasteiger partial charge on any atom is 0.234 e. The van der Waals surface area contributed by atoms with Gasteiger partial charge in [0, 0.05) is 24.4 Å². The van der Waals surface area contributed by atoms with Gasteiger partial charge >= 0.3 is 0 Å². The molecule has 0 spiro atoms. The van der Waals surface area contributed by atoms with Crippen molar-refractivity contribution in [1.29, 1.82) is 0 Å². The summed E-state index contributed by atoms with van der Waals surface area (Å²) in [5, 5.41) is 3.16. The molecule has 2 atom stereocenters. The van der Waals surface area contributed by atoms with Gasteiger partial charge < -0.3 is 5.32 Å². The van der Waals surface area contributed by atoms with Crippen LogP contribution >= 0.6 is 0 Å². The van der Waals surface area contributed by atoms with Crippen LogP contribution in [0, 0.1) is 5.92 Å². The number of rotatable bonds is 4. The van der Waals surface area contributed by atoms with Gasteiger partial charge in [0.1, 0.15) is 5.78 Å². The summed E-state index contributed by atoms with van der Waals surface area (Å²) in [4.78, 5) is 26.4. The number of hydrogen-bond acceptors (Lipinski definition) is 3. The number of nitrogens with zero attached hydrogens (tertiary/aromatic N) is 1. The van der Waals surface area contributed by atoms with Crippen molar-refractivity contribution in [3.8, 4) is 0 Å². The Morgan fingerprint density at radius 2 is 1.90 bits per heavy atom. The van der Waals surface area contributed by atoms with Gasteiger partial charge in [0.05, 0.1) is 6.54 Å². The van der Waals surface area contributed by atoms with Crippen LogP contribution in [0.15, 0.2) is 0 Å². The Kier molecular flexibility index (Phi) is 4.39. The minimum atomic E-state index is 0.161. The maximum atomic E-state index is 12.2. The molecule has 2 unspecified atom stereocenters. The summed E-state index contributed by atoms with van der Waals surface area (Å²) in [5.41, 5.74) is 0. The van der Waals surface area contributed by atoms with Crippen LogP contribution in [0.3, 0.4) is 0 Å². The molecule has 0 aromatic carbocycles. The first kappa shape index (κ1) is 14.1. The highest BCUT2D eigenvalue weighted by Crippen LogP contribution is 2.33. The normalized spacial score (nSPS) is 32.1. The van der Waals surface area contributed by atoms with E-state index in [9.17, 15) is 9.59 Å². The van der Waals surface area contributed by atoms with Crippen molar-refractivity contribution in [3.63, 3.8) is 0 Å². The summed E-state index contributed by atoms with van der Waals surface area (Å²) in [6.45, 7) is 1.47. The Bertz CT molecular complexity index is 377. The zero-order valence-electron chi connectivity index (χ0n) is 12.3. The molecule has 3 rings (SSSR count). The average Bonchev–Trinajstić information content (AvgIpc) is 3.11. The highest BCUT2D eigenvalue weighted by molar-refractivity contribution is 5.84. The summed E-state index contributed by atoms with van der Waals surface area (Å²) in [5.74, 6) is 0.795. The second kappa shape index (κ2) is 6.25. The molecule has 0 bridgehead atoms. The average molecular weight is 278 g/mol. The summed E-state index contributed by atoms with van der Waals surface area (Å²) in [6.07, 6.45) is 9.81. The van der Waals surface area contributed by atoms with E-state index in [1.54, 1.807) is 0 Å². The molecule has 2 aliphatic carbocycles. The van der Waals surface area contributed by atoms with E-state index in [-0.39, 0.29) is 11.8 Å². The first-order valence-electron chi connectivity index (χ1n) is 8.30. The number of likely N-dealkylation sites (tertiary alicyclic amines) is 1. The molecule has 4 nitrogen and oxygen atoms in total. The number of ketones is 1. The molecule has 20 heavy (non-hydrogen) atoms. The third-order valence-corrected chi connectivity index (χ3v) is 5.30. The van der Waals surface area contributed by atoms with Gasteiger partial charge in [-0.3, -0.25) is 14.5 Å². The summed E-state index contributed by atoms with van der Waals surface area (Å²) in [6, 6.07) is 0.732. The molecule has 1 saturated heterocycles. The lowest BCUT2D eigenvalue weighted by molar-refractivity contribution is -0.126. The van der Waals surface area contributed by atoms with Crippen molar-refractivity contribution >= 4 is 11.7 Å². The topological polar surface area (TPSA) is 49.4 Å². The van der Waals surface area contributed by atoms with E-state index in [2.05, 4.69) is 10.2 Å². The largest absolute Gasteiger partial charge is 0.352 e. The molecule has 0 aromatic heterocycles. The molecule has 3 aliphatic rings. The fourth-order valence-electron chi connectivity index (χ4n) is 4.28. The van der Waals surface area contributed by atoms with Gasteiger partial charge in [0.25, 0.3) is 0 Å². The zero-order chi connectivity index (χ0) is 13.9. The highest BCUT2D eigenvalue weighted by atomic mass is 16.2. The molecule has 4 heteroatoms. The first-order chi connectivity index (χ1) is 9.74. The van der Waals surface area contributed by atoms with E-state index in [0.29, 0.717) is 24.4 Å². The smallest absolute Gasteiger partial charge is 0.234 e. The lowest BCUT2D eigenvalue weighted by Gasteiger charge is -2.28. The van der Waals surface area contributed by atoms with Crippen LogP contribution in [0.25, 0.3) is 0 Å². The van der Waals surface area contributed by atoms with Gasteiger partial charge in [-0.2, -0.15) is 0 Å². The van der Waals surface area contributed by atoms with Crippen LogP contribution in [0.2, 0.25) is 0 Å². The van der Waals surface area contributed by atoms with Crippen molar-refractivity contribution in [2.45, 2.75) is 69.9 Å². The fourth-order valence-corrected chi connectivity index (χ4v) is 4.28. The van der Waals surface area contributed by atoms with Crippen LogP contribution < -0.4 is 5.32 Å². The Morgan fingerprint density at radius 3 is 2.60 bits per heavy atom. The molecule has 1 N–H and O–H groups in total. The number of nitrogens with one attached hydrogen (secondary N) is 1. The molecule has 0 aromatic rings. The van der Waals surface area contributed by atoms with Gasteiger partial charge in [-0.15, -0.1) is 0 Å². The number of carbonyl (C=O) groups excluding carboxylic acids is 2. The van der Waals surface area contributed by atoms with Crippen LogP contribution in [0.4, 0.5) is 0 Å². The van der Waals surface area contributed by atoms with Crippen molar-refractivity contribution in [3.05, 3.63) is 0 Å². The lowest BCUT2D eigenvalue weighted by Crippen LogP contribution is -2.45. The van der Waals surface area contributed by atoms with E-state index in [1.807, 2.05) is 0 Å². The van der Waals surface area contributed by atoms with Crippen molar-refractivity contribution in [1.82, 2.24) is 10.2 Å². The van der Waals surface area contributed by atoms with Gasteiger partial charge in [-0.1, -0.05) is 12.8 Å². The SMILES string of the molecule is O=C(CN1CCCC1C1CCCC1=O)NC1CCCC1. The van der Waals surface area contributed by atoms with Gasteiger partial charge in [0.15, 0.2) is 0 Å². The molecule has 0 radical (unpaired) electrons. The van der Waals surface area contributed by atoms with Gasteiger partial charge in [-0.25, -0.2) is 0 Å². The van der Waals surface area contributed by atoms with Crippen LogP contribution in [0.1, 0.15) is 57.8 Å². The second-order valence-corrected chi connectivity index (χ2v) is 6.69.